The van der Waals surface area contributed by atoms with E-state index in [9.17, 15) is 22.0 Å². The van der Waals surface area contributed by atoms with Gasteiger partial charge in [-0.15, -0.1) is 0 Å². The predicted molar refractivity (Wildman–Crippen MR) is 112 cm³/mol. The fraction of sp³-hybridized carbons (Fsp3) is 0.136. The standard InChI is InChI=1S/C22H20F2N2O4S/c23-17-6-10-20(11-7-17)30-15-14-25-22(27)16-26(19-4-2-1-3-5-19)31(28,29)21-12-8-18(24)9-13-21/h1-13H,14-16H2,(H,25,27). The van der Waals surface area contributed by atoms with E-state index >= 15 is 0 Å². The summed E-state index contributed by atoms with van der Waals surface area (Å²) < 4.78 is 58.7. The third-order valence-corrected chi connectivity index (χ3v) is 6.03. The van der Waals surface area contributed by atoms with Gasteiger partial charge in [-0.25, -0.2) is 17.2 Å². The maximum absolute atomic E-state index is 13.2. The van der Waals surface area contributed by atoms with E-state index in [1.54, 1.807) is 30.3 Å². The molecule has 0 atom stereocenters. The topological polar surface area (TPSA) is 75.7 Å². The minimum Gasteiger partial charge on any atom is -0.492 e. The van der Waals surface area contributed by atoms with E-state index in [0.717, 1.165) is 28.6 Å². The quantitative estimate of drug-likeness (QED) is 0.512. The molecular weight excluding hydrogens is 426 g/mol. The SMILES string of the molecule is O=C(CN(c1ccccc1)S(=O)(=O)c1ccc(F)cc1)NCCOc1ccc(F)cc1. The van der Waals surface area contributed by atoms with Crippen molar-refractivity contribution < 1.29 is 26.7 Å². The Morgan fingerprint density at radius 3 is 2.06 bits per heavy atom. The number of hydrogen-bond donors (Lipinski definition) is 1. The first-order valence-corrected chi connectivity index (χ1v) is 10.8. The number of nitrogens with one attached hydrogen (secondary N) is 1. The molecule has 0 spiro atoms. The highest BCUT2D eigenvalue weighted by Crippen LogP contribution is 2.23. The Bertz CT molecular complexity index is 1110. The Balaban J connectivity index is 1.66. The fourth-order valence-corrected chi connectivity index (χ4v) is 4.14. The number of ether oxygens (including phenoxy) is 1. The number of anilines is 1. The van der Waals surface area contributed by atoms with Gasteiger partial charge < -0.3 is 10.1 Å². The van der Waals surface area contributed by atoms with E-state index < -0.39 is 28.3 Å². The molecule has 0 bridgehead atoms. The van der Waals surface area contributed by atoms with Crippen LogP contribution in [0.25, 0.3) is 0 Å². The summed E-state index contributed by atoms with van der Waals surface area (Å²) in [6.45, 7) is -0.233. The van der Waals surface area contributed by atoms with Crippen LogP contribution >= 0.6 is 0 Å². The third-order valence-electron chi connectivity index (χ3n) is 4.24. The molecule has 31 heavy (non-hydrogen) atoms. The van der Waals surface area contributed by atoms with E-state index in [1.807, 2.05) is 0 Å². The Labute approximate surface area is 179 Å². The van der Waals surface area contributed by atoms with Crippen LogP contribution in [0.1, 0.15) is 0 Å². The molecule has 1 amide bonds. The largest absolute Gasteiger partial charge is 0.492 e. The molecule has 0 aromatic heterocycles. The summed E-state index contributed by atoms with van der Waals surface area (Å²) in [5.41, 5.74) is 0.296. The summed E-state index contributed by atoms with van der Waals surface area (Å²) in [4.78, 5) is 12.3. The summed E-state index contributed by atoms with van der Waals surface area (Å²) in [6, 6.07) is 18.0. The summed E-state index contributed by atoms with van der Waals surface area (Å²) in [5.74, 6) is -1.05. The van der Waals surface area contributed by atoms with Crippen LogP contribution in [0.3, 0.4) is 0 Å². The maximum atomic E-state index is 13.2. The van der Waals surface area contributed by atoms with Crippen LogP contribution < -0.4 is 14.4 Å². The van der Waals surface area contributed by atoms with Gasteiger partial charge in [0.2, 0.25) is 5.91 Å². The molecule has 0 aliphatic heterocycles. The lowest BCUT2D eigenvalue weighted by molar-refractivity contribution is -0.119. The molecule has 1 N–H and O–H groups in total. The average Bonchev–Trinajstić information content (AvgIpc) is 2.77. The minimum atomic E-state index is -4.10. The third kappa shape index (κ3) is 6.02. The van der Waals surface area contributed by atoms with Gasteiger partial charge in [-0.3, -0.25) is 9.10 Å². The first kappa shape index (κ1) is 22.2. The van der Waals surface area contributed by atoms with Crippen LogP contribution in [0.4, 0.5) is 14.5 Å². The van der Waals surface area contributed by atoms with Gasteiger partial charge in [0, 0.05) is 0 Å². The summed E-state index contributed by atoms with van der Waals surface area (Å²) in [5, 5.41) is 2.59. The number of amides is 1. The van der Waals surface area contributed by atoms with Crippen molar-refractivity contribution in [1.82, 2.24) is 5.32 Å². The van der Waals surface area contributed by atoms with Crippen molar-refractivity contribution >= 4 is 21.6 Å². The molecule has 3 aromatic carbocycles. The lowest BCUT2D eigenvalue weighted by Crippen LogP contribution is -2.41. The number of hydrogen-bond acceptors (Lipinski definition) is 4. The number of carbonyl (C=O) groups is 1. The van der Waals surface area contributed by atoms with Gasteiger partial charge in [0.05, 0.1) is 17.1 Å². The normalized spacial score (nSPS) is 11.0. The van der Waals surface area contributed by atoms with Gasteiger partial charge in [-0.1, -0.05) is 18.2 Å². The molecular formula is C22H20F2N2O4S. The van der Waals surface area contributed by atoms with Gasteiger partial charge in [0.1, 0.15) is 30.5 Å². The Morgan fingerprint density at radius 2 is 1.45 bits per heavy atom. The number of carbonyl (C=O) groups excluding carboxylic acids is 1. The van der Waals surface area contributed by atoms with Crippen molar-refractivity contribution in [3.05, 3.63) is 90.5 Å². The zero-order valence-corrected chi connectivity index (χ0v) is 17.2. The van der Waals surface area contributed by atoms with Crippen LogP contribution in [0.5, 0.6) is 5.75 Å². The van der Waals surface area contributed by atoms with E-state index in [-0.39, 0.29) is 23.9 Å². The van der Waals surface area contributed by atoms with E-state index in [4.69, 9.17) is 4.74 Å². The maximum Gasteiger partial charge on any atom is 0.264 e. The fourth-order valence-electron chi connectivity index (χ4n) is 2.72. The zero-order valence-electron chi connectivity index (χ0n) is 16.4. The van der Waals surface area contributed by atoms with E-state index in [2.05, 4.69) is 5.32 Å². The predicted octanol–water partition coefficient (Wildman–Crippen LogP) is 3.36. The summed E-state index contributed by atoms with van der Waals surface area (Å²) >= 11 is 0. The van der Waals surface area contributed by atoms with Crippen molar-refractivity contribution in [2.24, 2.45) is 0 Å². The Hall–Kier alpha value is -3.46. The van der Waals surface area contributed by atoms with Gasteiger partial charge in [-0.2, -0.15) is 0 Å². The molecule has 162 valence electrons. The van der Waals surface area contributed by atoms with Gasteiger partial charge in [0.25, 0.3) is 10.0 Å². The van der Waals surface area contributed by atoms with E-state index in [1.165, 1.54) is 24.3 Å². The molecule has 0 heterocycles. The van der Waals surface area contributed by atoms with Gasteiger partial charge >= 0.3 is 0 Å². The molecule has 0 unspecified atom stereocenters. The first-order valence-electron chi connectivity index (χ1n) is 9.35. The first-order chi connectivity index (χ1) is 14.9. The summed E-state index contributed by atoms with van der Waals surface area (Å²) in [6.07, 6.45) is 0. The van der Waals surface area contributed by atoms with Crippen LogP contribution in [0.2, 0.25) is 0 Å². The van der Waals surface area contributed by atoms with Crippen LogP contribution in [-0.4, -0.2) is 34.0 Å². The second kappa shape index (κ2) is 10.0. The smallest absolute Gasteiger partial charge is 0.264 e. The molecule has 6 nitrogen and oxygen atoms in total. The van der Waals surface area contributed by atoms with Crippen LogP contribution in [-0.2, 0) is 14.8 Å². The van der Waals surface area contributed by atoms with Crippen molar-refractivity contribution in [2.75, 3.05) is 24.0 Å². The van der Waals surface area contributed by atoms with Crippen LogP contribution in [0, 0.1) is 11.6 Å². The average molecular weight is 446 g/mol. The Morgan fingerprint density at radius 1 is 0.871 bits per heavy atom. The minimum absolute atomic E-state index is 0.118. The molecule has 3 aromatic rings. The number of sulfonamides is 1. The monoisotopic (exact) mass is 446 g/mol. The molecule has 0 radical (unpaired) electrons. The highest BCUT2D eigenvalue weighted by Gasteiger charge is 2.27. The number of nitrogens with zero attached hydrogens (tertiary/aromatic N) is 1. The van der Waals surface area contributed by atoms with Crippen molar-refractivity contribution in [1.29, 1.82) is 0 Å². The van der Waals surface area contributed by atoms with Crippen LogP contribution in [0.15, 0.2) is 83.8 Å². The van der Waals surface area contributed by atoms with E-state index in [0.29, 0.717) is 11.4 Å². The molecule has 0 aliphatic rings. The number of rotatable bonds is 9. The second-order valence-corrected chi connectivity index (χ2v) is 8.32. The molecule has 0 aliphatic carbocycles. The Kier molecular flexibility index (Phi) is 7.19. The van der Waals surface area contributed by atoms with Gasteiger partial charge in [0.15, 0.2) is 0 Å². The molecule has 9 heteroatoms. The lowest BCUT2D eigenvalue weighted by atomic mass is 10.3. The number of halogens is 2. The van der Waals surface area contributed by atoms with Crippen molar-refractivity contribution in [3.63, 3.8) is 0 Å². The van der Waals surface area contributed by atoms with Crippen molar-refractivity contribution in [2.45, 2.75) is 4.90 Å². The highest BCUT2D eigenvalue weighted by atomic mass is 32.2. The van der Waals surface area contributed by atoms with Gasteiger partial charge in [-0.05, 0) is 60.7 Å². The molecule has 0 saturated carbocycles. The lowest BCUT2D eigenvalue weighted by Gasteiger charge is -2.24. The molecule has 3 rings (SSSR count). The number of para-hydroxylation sites is 1. The second-order valence-electron chi connectivity index (χ2n) is 6.45. The molecule has 0 fully saturated rings. The highest BCUT2D eigenvalue weighted by molar-refractivity contribution is 7.92. The number of benzene rings is 3. The summed E-state index contributed by atoms with van der Waals surface area (Å²) in [7, 11) is -4.10. The zero-order chi connectivity index (χ0) is 22.3. The molecule has 0 saturated heterocycles. The van der Waals surface area contributed by atoms with Crippen molar-refractivity contribution in [3.8, 4) is 5.75 Å².